The Balaban J connectivity index is 1.78. The van der Waals surface area contributed by atoms with E-state index in [4.69, 9.17) is 5.73 Å². The molecule has 1 atom stereocenters. The smallest absolute Gasteiger partial charge is 0.245 e. The van der Waals surface area contributed by atoms with Crippen LogP contribution in [-0.4, -0.2) is 34.3 Å². The van der Waals surface area contributed by atoms with Crippen LogP contribution in [0.4, 0.5) is 5.95 Å². The van der Waals surface area contributed by atoms with Gasteiger partial charge in [0.2, 0.25) is 5.95 Å². The fourth-order valence-corrected chi connectivity index (χ4v) is 2.74. The zero-order chi connectivity index (χ0) is 14.8. The van der Waals surface area contributed by atoms with Gasteiger partial charge in [0.05, 0.1) is 0 Å². The molecule has 21 heavy (non-hydrogen) atoms. The van der Waals surface area contributed by atoms with Gasteiger partial charge >= 0.3 is 0 Å². The van der Waals surface area contributed by atoms with Crippen molar-refractivity contribution < 1.29 is 0 Å². The monoisotopic (exact) mass is 285 g/mol. The van der Waals surface area contributed by atoms with Gasteiger partial charge in [0.25, 0.3) is 0 Å². The first kappa shape index (κ1) is 14.1. The van der Waals surface area contributed by atoms with Crippen LogP contribution in [0.5, 0.6) is 0 Å². The van der Waals surface area contributed by atoms with E-state index < -0.39 is 0 Å². The Kier molecular flexibility index (Phi) is 3.92. The molecule has 0 spiro atoms. The molecule has 0 radical (unpaired) electrons. The van der Waals surface area contributed by atoms with Gasteiger partial charge in [-0.05, 0) is 24.3 Å². The van der Waals surface area contributed by atoms with Crippen LogP contribution in [0.2, 0.25) is 0 Å². The molecule has 112 valence electrons. The molecule has 0 aliphatic carbocycles. The van der Waals surface area contributed by atoms with E-state index in [1.807, 2.05) is 0 Å². The highest BCUT2D eigenvalue weighted by Gasteiger charge is 2.20. The number of H-pyrrole nitrogens is 1. The summed E-state index contributed by atoms with van der Waals surface area (Å²) in [4.78, 5) is 6.78. The Morgan fingerprint density at radius 1 is 1.29 bits per heavy atom. The predicted molar refractivity (Wildman–Crippen MR) is 85.3 cm³/mol. The molecular weight excluding hydrogens is 262 g/mol. The molecular formula is C16H23N5. The van der Waals surface area contributed by atoms with Gasteiger partial charge in [-0.25, -0.2) is 0 Å². The van der Waals surface area contributed by atoms with Gasteiger partial charge in [-0.15, -0.1) is 5.10 Å². The standard InChI is InChI=1S/C16H23N5/c1-11(2)12-5-7-13(8-6-12)15-18-16(20-19-15)21-9-3-4-14(17)10-21/h5-8,11,14H,3-4,9-10,17H2,1-2H3,(H,18,19,20). The maximum absolute atomic E-state index is 6.02. The second-order valence-electron chi connectivity index (χ2n) is 6.11. The van der Waals surface area contributed by atoms with E-state index in [9.17, 15) is 0 Å². The molecule has 1 aromatic carbocycles. The van der Waals surface area contributed by atoms with Gasteiger partial charge in [0.15, 0.2) is 5.82 Å². The van der Waals surface area contributed by atoms with Crippen molar-refractivity contribution in [1.82, 2.24) is 15.2 Å². The third-order valence-electron chi connectivity index (χ3n) is 4.07. The molecule has 3 N–H and O–H groups in total. The highest BCUT2D eigenvalue weighted by atomic mass is 15.4. The molecule has 1 unspecified atom stereocenters. The number of rotatable bonds is 3. The molecule has 1 aromatic heterocycles. The van der Waals surface area contributed by atoms with E-state index >= 15 is 0 Å². The Bertz CT molecular complexity index is 587. The summed E-state index contributed by atoms with van der Waals surface area (Å²) in [6.07, 6.45) is 2.19. The molecule has 3 rings (SSSR count). The van der Waals surface area contributed by atoms with Crippen molar-refractivity contribution in [2.45, 2.75) is 38.6 Å². The van der Waals surface area contributed by atoms with Crippen molar-refractivity contribution in [2.75, 3.05) is 18.0 Å². The fraction of sp³-hybridized carbons (Fsp3) is 0.500. The number of aromatic nitrogens is 3. The minimum atomic E-state index is 0.228. The zero-order valence-electron chi connectivity index (χ0n) is 12.7. The lowest BCUT2D eigenvalue weighted by atomic mass is 10.0. The molecule has 5 heteroatoms. The van der Waals surface area contributed by atoms with E-state index in [1.54, 1.807) is 0 Å². The molecule has 0 saturated carbocycles. The van der Waals surface area contributed by atoms with Gasteiger partial charge in [0, 0.05) is 24.7 Å². The summed E-state index contributed by atoms with van der Waals surface area (Å²) in [5, 5.41) is 7.38. The lowest BCUT2D eigenvalue weighted by molar-refractivity contribution is 0.500. The molecule has 0 amide bonds. The Labute approximate surface area is 125 Å². The van der Waals surface area contributed by atoms with Gasteiger partial charge < -0.3 is 10.6 Å². The maximum Gasteiger partial charge on any atom is 0.245 e. The predicted octanol–water partition coefficient (Wildman–Crippen LogP) is 2.52. The first-order valence-electron chi connectivity index (χ1n) is 7.67. The van der Waals surface area contributed by atoms with Gasteiger partial charge in [0.1, 0.15) is 0 Å². The van der Waals surface area contributed by atoms with Crippen molar-refractivity contribution in [2.24, 2.45) is 5.73 Å². The minimum absolute atomic E-state index is 0.228. The largest absolute Gasteiger partial charge is 0.338 e. The van der Waals surface area contributed by atoms with Gasteiger partial charge in [-0.3, -0.25) is 5.10 Å². The maximum atomic E-state index is 6.02. The second-order valence-corrected chi connectivity index (χ2v) is 6.11. The molecule has 0 bridgehead atoms. The van der Waals surface area contributed by atoms with Gasteiger partial charge in [-0.1, -0.05) is 38.1 Å². The van der Waals surface area contributed by atoms with E-state index in [-0.39, 0.29) is 6.04 Å². The summed E-state index contributed by atoms with van der Waals surface area (Å²) >= 11 is 0. The number of aromatic amines is 1. The zero-order valence-corrected chi connectivity index (χ0v) is 12.7. The number of nitrogens with zero attached hydrogens (tertiary/aromatic N) is 3. The Hall–Kier alpha value is -1.88. The van der Waals surface area contributed by atoms with Crippen molar-refractivity contribution in [3.8, 4) is 11.4 Å². The van der Waals surface area contributed by atoms with E-state index in [0.717, 1.165) is 43.3 Å². The first-order chi connectivity index (χ1) is 10.1. The van der Waals surface area contributed by atoms with Crippen LogP contribution < -0.4 is 10.6 Å². The minimum Gasteiger partial charge on any atom is -0.338 e. The summed E-state index contributed by atoms with van der Waals surface area (Å²) in [6, 6.07) is 8.73. The van der Waals surface area contributed by atoms with Crippen LogP contribution in [0.15, 0.2) is 24.3 Å². The molecule has 1 fully saturated rings. The van der Waals surface area contributed by atoms with E-state index in [0.29, 0.717) is 5.92 Å². The average molecular weight is 285 g/mol. The van der Waals surface area contributed by atoms with Gasteiger partial charge in [-0.2, -0.15) is 4.98 Å². The van der Waals surface area contributed by atoms with Crippen LogP contribution in [-0.2, 0) is 0 Å². The number of hydrogen-bond acceptors (Lipinski definition) is 4. The first-order valence-corrected chi connectivity index (χ1v) is 7.67. The lowest BCUT2D eigenvalue weighted by Gasteiger charge is -2.29. The summed E-state index contributed by atoms with van der Waals surface area (Å²) < 4.78 is 0. The second kappa shape index (κ2) is 5.85. The van der Waals surface area contributed by atoms with Crippen molar-refractivity contribution >= 4 is 5.95 Å². The number of nitrogens with one attached hydrogen (secondary N) is 1. The number of piperidine rings is 1. The van der Waals surface area contributed by atoms with Crippen LogP contribution in [0.25, 0.3) is 11.4 Å². The van der Waals surface area contributed by atoms with Crippen LogP contribution in [0.3, 0.4) is 0 Å². The third-order valence-corrected chi connectivity index (χ3v) is 4.07. The third kappa shape index (κ3) is 3.08. The Morgan fingerprint density at radius 3 is 2.71 bits per heavy atom. The topological polar surface area (TPSA) is 70.8 Å². The fourth-order valence-electron chi connectivity index (χ4n) is 2.74. The summed E-state index contributed by atoms with van der Waals surface area (Å²) in [5.74, 6) is 2.12. The quantitative estimate of drug-likeness (QED) is 0.909. The van der Waals surface area contributed by atoms with Crippen LogP contribution >= 0.6 is 0 Å². The van der Waals surface area contributed by atoms with Crippen LogP contribution in [0.1, 0.15) is 38.2 Å². The highest BCUT2D eigenvalue weighted by Crippen LogP contribution is 2.22. The number of anilines is 1. The molecule has 5 nitrogen and oxygen atoms in total. The van der Waals surface area contributed by atoms with Crippen molar-refractivity contribution in [3.05, 3.63) is 29.8 Å². The lowest BCUT2D eigenvalue weighted by Crippen LogP contribution is -2.43. The average Bonchev–Trinajstić information content (AvgIpc) is 2.97. The Morgan fingerprint density at radius 2 is 2.05 bits per heavy atom. The number of benzene rings is 1. The number of hydrogen-bond donors (Lipinski definition) is 2. The molecule has 2 heterocycles. The number of nitrogens with two attached hydrogens (primary N) is 1. The van der Waals surface area contributed by atoms with Crippen LogP contribution in [0, 0.1) is 0 Å². The summed E-state index contributed by atoms with van der Waals surface area (Å²) in [7, 11) is 0. The highest BCUT2D eigenvalue weighted by molar-refractivity contribution is 5.57. The normalized spacial score (nSPS) is 19.2. The van der Waals surface area contributed by atoms with Crippen molar-refractivity contribution in [1.29, 1.82) is 0 Å². The molecule has 1 aliphatic heterocycles. The molecule has 2 aromatic rings. The molecule has 1 aliphatic rings. The molecule has 1 saturated heterocycles. The SMILES string of the molecule is CC(C)c1ccc(-c2nc(N3CCCC(N)C3)n[nH]2)cc1. The summed E-state index contributed by atoms with van der Waals surface area (Å²) in [5.41, 5.74) is 8.42. The van der Waals surface area contributed by atoms with E-state index in [2.05, 4.69) is 58.2 Å². The van der Waals surface area contributed by atoms with E-state index in [1.165, 1.54) is 5.56 Å². The summed E-state index contributed by atoms with van der Waals surface area (Å²) in [6.45, 7) is 6.21. The van der Waals surface area contributed by atoms with Crippen molar-refractivity contribution in [3.63, 3.8) is 0 Å².